The summed E-state index contributed by atoms with van der Waals surface area (Å²) in [6.07, 6.45) is 2.40. The number of benzene rings is 1. The average Bonchev–Trinajstić information content (AvgIpc) is 2.60. The Morgan fingerprint density at radius 2 is 1.89 bits per heavy atom. The number of nitro benzene ring substituents is 1. The molecule has 150 valence electrons. The summed E-state index contributed by atoms with van der Waals surface area (Å²) < 4.78 is 23.3. The van der Waals surface area contributed by atoms with Gasteiger partial charge in [-0.15, -0.1) is 0 Å². The van der Waals surface area contributed by atoms with Crippen molar-refractivity contribution in [3.05, 3.63) is 28.3 Å². The maximum absolute atomic E-state index is 12.6. The van der Waals surface area contributed by atoms with Crippen LogP contribution in [0.25, 0.3) is 0 Å². The maximum Gasteiger partial charge on any atom is 0.293 e. The Morgan fingerprint density at radius 3 is 2.37 bits per heavy atom. The van der Waals surface area contributed by atoms with Gasteiger partial charge in [0.1, 0.15) is 5.69 Å². The summed E-state index contributed by atoms with van der Waals surface area (Å²) in [5.74, 6) is -0.120. The van der Waals surface area contributed by atoms with E-state index < -0.39 is 20.3 Å². The molecule has 1 saturated heterocycles. The minimum absolute atomic E-state index is 0.0924. The summed E-state index contributed by atoms with van der Waals surface area (Å²) >= 11 is 0. The average molecular weight is 398 g/mol. The van der Waals surface area contributed by atoms with E-state index >= 15 is 0 Å². The molecule has 1 heterocycles. The van der Waals surface area contributed by atoms with E-state index in [0.29, 0.717) is 38.3 Å². The zero-order valence-corrected chi connectivity index (χ0v) is 16.7. The number of hydrogen-bond acceptors (Lipinski definition) is 7. The highest BCUT2D eigenvalue weighted by atomic mass is 32.2. The first-order valence-corrected chi connectivity index (χ1v) is 10.7. The molecule has 0 saturated carbocycles. The molecule has 2 rings (SSSR count). The maximum atomic E-state index is 12.6. The molecule has 1 aliphatic heterocycles. The standard InChI is InChI=1S/C17H26N4O5S/c1-4-7-17(2,18)16(22)20-10-8-19(9-11-20)14-6-5-13(27(3,25)26)12-15(14)21(23)24/h5-6,12H,4,7-11,18H2,1-3H3. The predicted octanol–water partition coefficient (Wildman–Crippen LogP) is 1.16. The number of nitro groups is 1. The van der Waals surface area contributed by atoms with E-state index in [1.165, 1.54) is 12.1 Å². The Kier molecular flexibility index (Phi) is 6.10. The summed E-state index contributed by atoms with van der Waals surface area (Å²) in [5.41, 5.74) is 5.29. The second-order valence-corrected chi connectivity index (χ2v) is 9.14. The highest BCUT2D eigenvalue weighted by Crippen LogP contribution is 2.31. The fraction of sp³-hybridized carbons (Fsp3) is 0.588. The molecule has 0 bridgehead atoms. The lowest BCUT2D eigenvalue weighted by molar-refractivity contribution is -0.384. The lowest BCUT2D eigenvalue weighted by atomic mass is 9.95. The van der Waals surface area contributed by atoms with Crippen LogP contribution in [0.1, 0.15) is 26.7 Å². The molecule has 0 spiro atoms. The van der Waals surface area contributed by atoms with E-state index in [-0.39, 0.29) is 16.5 Å². The van der Waals surface area contributed by atoms with Crippen LogP contribution in [0.4, 0.5) is 11.4 Å². The van der Waals surface area contributed by atoms with Gasteiger partial charge in [-0.2, -0.15) is 0 Å². The molecule has 9 nitrogen and oxygen atoms in total. The summed E-state index contributed by atoms with van der Waals surface area (Å²) in [6.45, 7) is 5.32. The minimum Gasteiger partial charge on any atom is -0.362 e. The molecule has 1 unspecified atom stereocenters. The van der Waals surface area contributed by atoms with E-state index in [2.05, 4.69) is 0 Å². The first-order chi connectivity index (χ1) is 12.5. The zero-order valence-electron chi connectivity index (χ0n) is 15.8. The van der Waals surface area contributed by atoms with Crippen molar-refractivity contribution in [3.8, 4) is 0 Å². The van der Waals surface area contributed by atoms with Crippen molar-refractivity contribution < 1.29 is 18.1 Å². The normalized spacial score (nSPS) is 17.5. The summed E-state index contributed by atoms with van der Waals surface area (Å²) in [4.78, 5) is 26.8. The van der Waals surface area contributed by atoms with Gasteiger partial charge in [0.2, 0.25) is 5.91 Å². The van der Waals surface area contributed by atoms with Crippen LogP contribution in [0.5, 0.6) is 0 Å². The number of nitrogens with two attached hydrogens (primary N) is 1. The molecule has 0 aliphatic carbocycles. The van der Waals surface area contributed by atoms with Crippen molar-refractivity contribution in [2.75, 3.05) is 37.3 Å². The van der Waals surface area contributed by atoms with E-state index in [0.717, 1.165) is 18.7 Å². The Morgan fingerprint density at radius 1 is 1.30 bits per heavy atom. The molecular weight excluding hydrogens is 372 g/mol. The van der Waals surface area contributed by atoms with Crippen molar-refractivity contribution in [1.82, 2.24) is 4.90 Å². The van der Waals surface area contributed by atoms with Crippen LogP contribution in [0.3, 0.4) is 0 Å². The van der Waals surface area contributed by atoms with Gasteiger partial charge in [0.05, 0.1) is 15.4 Å². The molecule has 10 heteroatoms. The van der Waals surface area contributed by atoms with Crippen molar-refractivity contribution in [2.24, 2.45) is 5.73 Å². The van der Waals surface area contributed by atoms with E-state index in [4.69, 9.17) is 5.73 Å². The van der Waals surface area contributed by atoms with Crippen molar-refractivity contribution in [2.45, 2.75) is 37.1 Å². The first-order valence-electron chi connectivity index (χ1n) is 8.79. The van der Waals surface area contributed by atoms with E-state index in [9.17, 15) is 23.3 Å². The number of sulfone groups is 1. The Balaban J connectivity index is 2.19. The van der Waals surface area contributed by atoms with Crippen LogP contribution in [0.2, 0.25) is 0 Å². The van der Waals surface area contributed by atoms with Crippen molar-refractivity contribution in [1.29, 1.82) is 0 Å². The van der Waals surface area contributed by atoms with E-state index in [1.807, 2.05) is 6.92 Å². The number of piperazine rings is 1. The Hall–Kier alpha value is -2.20. The number of nitrogens with zero attached hydrogens (tertiary/aromatic N) is 3. The van der Waals surface area contributed by atoms with Crippen LogP contribution in [-0.4, -0.2) is 62.1 Å². The molecule has 1 amide bonds. The third-order valence-electron chi connectivity index (χ3n) is 4.74. The van der Waals surface area contributed by atoms with Crippen LogP contribution in [0.15, 0.2) is 23.1 Å². The predicted molar refractivity (Wildman–Crippen MR) is 102 cm³/mol. The molecule has 1 fully saturated rings. The molecule has 1 aromatic carbocycles. The Labute approximate surface area is 159 Å². The molecule has 1 aliphatic rings. The summed E-state index contributed by atoms with van der Waals surface area (Å²) in [5, 5.41) is 11.4. The second-order valence-electron chi connectivity index (χ2n) is 7.13. The molecule has 1 atom stereocenters. The lowest BCUT2D eigenvalue weighted by Gasteiger charge is -2.39. The third kappa shape index (κ3) is 4.75. The van der Waals surface area contributed by atoms with Crippen LogP contribution >= 0.6 is 0 Å². The SMILES string of the molecule is CCCC(C)(N)C(=O)N1CCN(c2ccc(S(C)(=O)=O)cc2[N+](=O)[O-])CC1. The first kappa shape index (κ1) is 21.1. The number of anilines is 1. The topological polar surface area (TPSA) is 127 Å². The lowest BCUT2D eigenvalue weighted by Crippen LogP contribution is -2.58. The fourth-order valence-electron chi connectivity index (χ4n) is 3.29. The van der Waals surface area contributed by atoms with Gasteiger partial charge in [-0.25, -0.2) is 8.42 Å². The number of amides is 1. The molecule has 27 heavy (non-hydrogen) atoms. The number of carbonyl (C=O) groups excluding carboxylic acids is 1. The highest BCUT2D eigenvalue weighted by molar-refractivity contribution is 7.90. The quantitative estimate of drug-likeness (QED) is 0.563. The van der Waals surface area contributed by atoms with Gasteiger partial charge < -0.3 is 15.5 Å². The smallest absolute Gasteiger partial charge is 0.293 e. The van der Waals surface area contributed by atoms with E-state index in [1.54, 1.807) is 16.7 Å². The van der Waals surface area contributed by atoms with Gasteiger partial charge in [-0.3, -0.25) is 14.9 Å². The van der Waals surface area contributed by atoms with Gasteiger partial charge >= 0.3 is 0 Å². The number of hydrogen-bond donors (Lipinski definition) is 1. The van der Waals surface area contributed by atoms with Gasteiger partial charge in [0, 0.05) is 38.5 Å². The van der Waals surface area contributed by atoms with Crippen molar-refractivity contribution >= 4 is 27.1 Å². The van der Waals surface area contributed by atoms with Crippen molar-refractivity contribution in [3.63, 3.8) is 0 Å². The van der Waals surface area contributed by atoms with Crippen LogP contribution in [0, 0.1) is 10.1 Å². The minimum atomic E-state index is -3.54. The van der Waals surface area contributed by atoms with Crippen LogP contribution < -0.4 is 10.6 Å². The number of carbonyl (C=O) groups is 1. The number of rotatable bonds is 6. The third-order valence-corrected chi connectivity index (χ3v) is 5.85. The van der Waals surface area contributed by atoms with Gasteiger partial charge in [-0.1, -0.05) is 13.3 Å². The van der Waals surface area contributed by atoms with Gasteiger partial charge in [0.25, 0.3) is 5.69 Å². The molecule has 0 radical (unpaired) electrons. The van der Waals surface area contributed by atoms with Gasteiger partial charge in [0.15, 0.2) is 9.84 Å². The fourth-order valence-corrected chi connectivity index (χ4v) is 3.93. The zero-order chi connectivity index (χ0) is 20.4. The molecule has 2 N–H and O–H groups in total. The largest absolute Gasteiger partial charge is 0.362 e. The molecule has 1 aromatic rings. The summed E-state index contributed by atoms with van der Waals surface area (Å²) in [7, 11) is -3.54. The Bertz CT molecular complexity index is 830. The summed E-state index contributed by atoms with van der Waals surface area (Å²) in [6, 6.07) is 3.91. The highest BCUT2D eigenvalue weighted by Gasteiger charge is 2.34. The molecular formula is C17H26N4O5S. The van der Waals surface area contributed by atoms with Crippen LogP contribution in [-0.2, 0) is 14.6 Å². The monoisotopic (exact) mass is 398 g/mol. The molecule has 0 aromatic heterocycles. The van der Waals surface area contributed by atoms with Gasteiger partial charge in [-0.05, 0) is 25.5 Å². The second kappa shape index (κ2) is 7.81.